The van der Waals surface area contributed by atoms with Crippen LogP contribution < -0.4 is 5.32 Å². The van der Waals surface area contributed by atoms with Crippen molar-refractivity contribution < 1.29 is 0 Å². The fourth-order valence-corrected chi connectivity index (χ4v) is 3.54. The highest BCUT2D eigenvalue weighted by Crippen LogP contribution is 2.31. The lowest BCUT2D eigenvalue weighted by molar-refractivity contribution is 0.00328. The van der Waals surface area contributed by atoms with Gasteiger partial charge >= 0.3 is 0 Å². The Morgan fingerprint density at radius 1 is 1.05 bits per heavy atom. The second-order valence-electron chi connectivity index (χ2n) is 6.86. The normalized spacial score (nSPS) is 25.9. The lowest BCUT2D eigenvalue weighted by atomic mass is 9.82. The van der Waals surface area contributed by atoms with Crippen molar-refractivity contribution >= 4 is 0 Å². The summed E-state index contributed by atoms with van der Waals surface area (Å²) in [6, 6.07) is 10.9. The van der Waals surface area contributed by atoms with Gasteiger partial charge in [0.1, 0.15) is 0 Å². The van der Waals surface area contributed by atoms with Crippen LogP contribution in [0, 0.1) is 0 Å². The molecule has 0 radical (unpaired) electrons. The highest BCUT2D eigenvalue weighted by molar-refractivity contribution is 5.15. The van der Waals surface area contributed by atoms with Gasteiger partial charge in [0.2, 0.25) is 0 Å². The van der Waals surface area contributed by atoms with E-state index in [1.165, 1.54) is 31.4 Å². The molecule has 0 amide bonds. The number of piperazine rings is 1. The van der Waals surface area contributed by atoms with Crippen LogP contribution in [0.4, 0.5) is 0 Å². The molecule has 2 nitrogen and oxygen atoms in total. The van der Waals surface area contributed by atoms with Gasteiger partial charge in [-0.3, -0.25) is 4.90 Å². The highest BCUT2D eigenvalue weighted by atomic mass is 15.3. The molecule has 0 aromatic heterocycles. The molecule has 0 bridgehead atoms. The lowest BCUT2D eigenvalue weighted by Crippen LogP contribution is -2.68. The summed E-state index contributed by atoms with van der Waals surface area (Å²) in [4.78, 5) is 2.76. The molecule has 2 rings (SSSR count). The van der Waals surface area contributed by atoms with Gasteiger partial charge in [-0.25, -0.2) is 0 Å². The molecule has 1 heterocycles. The minimum absolute atomic E-state index is 0.268. The molecule has 1 N–H and O–H groups in total. The van der Waals surface area contributed by atoms with Crippen molar-refractivity contribution in [2.24, 2.45) is 0 Å². The van der Waals surface area contributed by atoms with Crippen LogP contribution in [-0.2, 0) is 6.42 Å². The summed E-state index contributed by atoms with van der Waals surface area (Å²) in [5.74, 6) is 0. The first-order chi connectivity index (χ1) is 10.1. The van der Waals surface area contributed by atoms with E-state index in [0.29, 0.717) is 5.54 Å². The van der Waals surface area contributed by atoms with Crippen molar-refractivity contribution in [2.75, 3.05) is 19.6 Å². The highest BCUT2D eigenvalue weighted by Gasteiger charge is 2.42. The fourth-order valence-electron chi connectivity index (χ4n) is 3.54. The van der Waals surface area contributed by atoms with Gasteiger partial charge in [-0.05, 0) is 38.2 Å². The predicted molar refractivity (Wildman–Crippen MR) is 91.7 cm³/mol. The van der Waals surface area contributed by atoms with Crippen molar-refractivity contribution in [3.63, 3.8) is 0 Å². The van der Waals surface area contributed by atoms with E-state index in [-0.39, 0.29) is 5.54 Å². The Kier molecular flexibility index (Phi) is 5.45. The molecular formula is C19H32N2. The molecule has 1 saturated heterocycles. The Bertz CT molecular complexity index is 424. The summed E-state index contributed by atoms with van der Waals surface area (Å²) in [7, 11) is 0. The summed E-state index contributed by atoms with van der Waals surface area (Å²) >= 11 is 0. The van der Waals surface area contributed by atoms with Crippen LogP contribution in [0.25, 0.3) is 0 Å². The van der Waals surface area contributed by atoms with Crippen molar-refractivity contribution in [3.8, 4) is 0 Å². The number of nitrogens with one attached hydrogen (secondary N) is 1. The Hall–Kier alpha value is -0.860. The van der Waals surface area contributed by atoms with E-state index in [2.05, 4.69) is 68.2 Å². The van der Waals surface area contributed by atoms with E-state index in [1.54, 1.807) is 0 Å². The minimum atomic E-state index is 0.268. The maximum absolute atomic E-state index is 3.82. The minimum Gasteiger partial charge on any atom is -0.308 e. The molecule has 1 aromatic carbocycles. The summed E-state index contributed by atoms with van der Waals surface area (Å²) in [6.07, 6.45) is 4.80. The van der Waals surface area contributed by atoms with Gasteiger partial charge in [0.05, 0.1) is 0 Å². The lowest BCUT2D eigenvalue weighted by Gasteiger charge is -2.53. The molecule has 1 fully saturated rings. The summed E-state index contributed by atoms with van der Waals surface area (Å²) in [5, 5.41) is 3.82. The van der Waals surface area contributed by atoms with Crippen molar-refractivity contribution in [2.45, 2.75) is 64.5 Å². The van der Waals surface area contributed by atoms with Crippen LogP contribution in [-0.4, -0.2) is 35.6 Å². The molecule has 21 heavy (non-hydrogen) atoms. The van der Waals surface area contributed by atoms with E-state index < -0.39 is 0 Å². The Morgan fingerprint density at radius 2 is 1.71 bits per heavy atom. The van der Waals surface area contributed by atoms with E-state index >= 15 is 0 Å². The zero-order valence-electron chi connectivity index (χ0n) is 14.3. The molecule has 1 aliphatic rings. The maximum Gasteiger partial charge on any atom is 0.0329 e. The van der Waals surface area contributed by atoms with Crippen LogP contribution in [0.1, 0.15) is 52.5 Å². The molecular weight excluding hydrogens is 256 g/mol. The monoisotopic (exact) mass is 288 g/mol. The molecule has 118 valence electrons. The zero-order chi connectivity index (χ0) is 15.3. The molecule has 1 unspecified atom stereocenters. The standard InChI is InChI=1S/C19H32N2/c1-5-18(4)16-21(19(6-2,7-3)15-20-18)14-13-17-11-9-8-10-12-17/h8-12,20H,5-7,13-16H2,1-4H3. The SMILES string of the molecule is CCC1(C)CN(CCc2ccccc2)C(CC)(CC)CN1. The topological polar surface area (TPSA) is 15.3 Å². The number of hydrogen-bond acceptors (Lipinski definition) is 2. The first kappa shape index (κ1) is 16.5. The third-order valence-corrected chi connectivity index (χ3v) is 5.66. The van der Waals surface area contributed by atoms with Crippen LogP contribution >= 0.6 is 0 Å². The zero-order valence-corrected chi connectivity index (χ0v) is 14.3. The number of benzene rings is 1. The first-order valence-corrected chi connectivity index (χ1v) is 8.61. The number of nitrogens with zero attached hydrogens (tertiary/aromatic N) is 1. The fraction of sp³-hybridized carbons (Fsp3) is 0.684. The van der Waals surface area contributed by atoms with Gasteiger partial charge in [-0.2, -0.15) is 0 Å². The van der Waals surface area contributed by atoms with E-state index in [9.17, 15) is 0 Å². The van der Waals surface area contributed by atoms with Gasteiger partial charge in [0.25, 0.3) is 0 Å². The molecule has 0 aliphatic carbocycles. The van der Waals surface area contributed by atoms with Crippen molar-refractivity contribution in [1.82, 2.24) is 10.2 Å². The molecule has 2 heteroatoms. The molecule has 1 aromatic rings. The van der Waals surface area contributed by atoms with Crippen LogP contribution in [0.3, 0.4) is 0 Å². The third kappa shape index (κ3) is 3.67. The van der Waals surface area contributed by atoms with Gasteiger partial charge in [0.15, 0.2) is 0 Å². The van der Waals surface area contributed by atoms with Crippen molar-refractivity contribution in [1.29, 1.82) is 0 Å². The van der Waals surface area contributed by atoms with Crippen LogP contribution in [0.5, 0.6) is 0 Å². The molecule has 1 aliphatic heterocycles. The van der Waals surface area contributed by atoms with Gasteiger partial charge in [0, 0.05) is 30.7 Å². The van der Waals surface area contributed by atoms with E-state index in [1.807, 2.05) is 0 Å². The molecule has 0 spiro atoms. The average molecular weight is 288 g/mol. The number of rotatable bonds is 6. The second-order valence-corrected chi connectivity index (χ2v) is 6.86. The Labute approximate surface area is 130 Å². The van der Waals surface area contributed by atoms with Gasteiger partial charge in [-0.1, -0.05) is 51.1 Å². The van der Waals surface area contributed by atoms with Gasteiger partial charge < -0.3 is 5.32 Å². The molecule has 0 saturated carbocycles. The third-order valence-electron chi connectivity index (χ3n) is 5.66. The van der Waals surface area contributed by atoms with Crippen LogP contribution in [0.15, 0.2) is 30.3 Å². The van der Waals surface area contributed by atoms with E-state index in [0.717, 1.165) is 19.5 Å². The second kappa shape index (κ2) is 6.93. The number of hydrogen-bond donors (Lipinski definition) is 1. The summed E-state index contributed by atoms with van der Waals surface area (Å²) in [6.45, 7) is 12.8. The quantitative estimate of drug-likeness (QED) is 0.855. The summed E-state index contributed by atoms with van der Waals surface area (Å²) < 4.78 is 0. The largest absolute Gasteiger partial charge is 0.308 e. The van der Waals surface area contributed by atoms with Gasteiger partial charge in [-0.15, -0.1) is 0 Å². The van der Waals surface area contributed by atoms with Crippen molar-refractivity contribution in [3.05, 3.63) is 35.9 Å². The Balaban J connectivity index is 2.10. The maximum atomic E-state index is 3.82. The predicted octanol–water partition coefficient (Wildman–Crippen LogP) is 3.86. The first-order valence-electron chi connectivity index (χ1n) is 8.61. The average Bonchev–Trinajstić information content (AvgIpc) is 2.54. The van der Waals surface area contributed by atoms with Crippen LogP contribution in [0.2, 0.25) is 0 Å². The molecule has 1 atom stereocenters. The Morgan fingerprint density at radius 3 is 2.29 bits per heavy atom. The smallest absolute Gasteiger partial charge is 0.0329 e. The summed E-state index contributed by atoms with van der Waals surface area (Å²) in [5.41, 5.74) is 2.06. The van der Waals surface area contributed by atoms with E-state index in [4.69, 9.17) is 0 Å².